The van der Waals surface area contributed by atoms with Gasteiger partial charge in [0.05, 0.1) is 6.34 Å². The Labute approximate surface area is 102 Å². The van der Waals surface area contributed by atoms with Crippen LogP contribution in [-0.2, 0) is 0 Å². The molecule has 1 N–H and O–H groups in total. The highest BCUT2D eigenvalue weighted by molar-refractivity contribution is 14.1. The Kier molecular flexibility index (Phi) is 2.74. The molecule has 14 heavy (non-hydrogen) atoms. The first-order valence-corrected chi connectivity index (χ1v) is 5.90. The van der Waals surface area contributed by atoms with Crippen molar-refractivity contribution in [1.29, 1.82) is 0 Å². The summed E-state index contributed by atoms with van der Waals surface area (Å²) >= 11 is 8.38. The van der Waals surface area contributed by atoms with Gasteiger partial charge >= 0.3 is 0 Å². The Morgan fingerprint density at radius 2 is 2.36 bits per heavy atom. The van der Waals surface area contributed by atoms with Gasteiger partial charge in [0.1, 0.15) is 5.16 Å². The average Bonchev–Trinajstić information content (AvgIpc) is 2.45. The van der Waals surface area contributed by atoms with E-state index in [1.165, 1.54) is 0 Å². The third-order valence-electron chi connectivity index (χ3n) is 2.30. The molecule has 0 aromatic heterocycles. The van der Waals surface area contributed by atoms with E-state index in [-0.39, 0.29) is 6.17 Å². The molecule has 0 bridgehead atoms. The number of rotatable bonds is 1. The molecule has 3 nitrogen and oxygen atoms in total. The lowest BCUT2D eigenvalue weighted by Gasteiger charge is -2.28. The molecular weight excluding hydrogens is 312 g/mol. The van der Waals surface area contributed by atoms with Gasteiger partial charge in [-0.1, -0.05) is 11.6 Å². The largest absolute Gasteiger partial charge is 0.349 e. The van der Waals surface area contributed by atoms with Gasteiger partial charge in [-0.25, -0.2) is 4.99 Å². The van der Waals surface area contributed by atoms with Crippen molar-refractivity contribution in [1.82, 2.24) is 10.2 Å². The van der Waals surface area contributed by atoms with Crippen molar-refractivity contribution in [3.63, 3.8) is 0 Å². The molecule has 2 aliphatic heterocycles. The molecule has 0 aliphatic carbocycles. The smallest absolute Gasteiger partial charge is 0.152 e. The van der Waals surface area contributed by atoms with E-state index in [4.69, 9.17) is 11.6 Å². The van der Waals surface area contributed by atoms with Crippen LogP contribution in [0.4, 0.5) is 0 Å². The van der Waals surface area contributed by atoms with Crippen molar-refractivity contribution in [2.75, 3.05) is 0 Å². The lowest BCUT2D eigenvalue weighted by molar-refractivity contribution is 0.275. The molecule has 76 valence electrons. The van der Waals surface area contributed by atoms with E-state index in [1.54, 1.807) is 6.34 Å². The minimum absolute atomic E-state index is 0.0654. The number of hydrogen-bond acceptors (Lipinski definition) is 3. The summed E-state index contributed by atoms with van der Waals surface area (Å²) in [4.78, 5) is 6.59. The number of nitrogens with one attached hydrogen (secondary N) is 1. The van der Waals surface area contributed by atoms with Gasteiger partial charge < -0.3 is 10.2 Å². The molecule has 0 aromatic carbocycles. The second-order valence-electron chi connectivity index (χ2n) is 3.54. The molecule has 0 aromatic rings. The van der Waals surface area contributed by atoms with Crippen LogP contribution in [0.3, 0.4) is 0 Å². The molecule has 0 radical (unpaired) electrons. The Balaban J connectivity index is 2.39. The lowest BCUT2D eigenvalue weighted by Crippen LogP contribution is -2.35. The molecule has 5 heteroatoms. The van der Waals surface area contributed by atoms with E-state index >= 15 is 0 Å². The van der Waals surface area contributed by atoms with E-state index in [0.29, 0.717) is 11.2 Å². The zero-order valence-corrected chi connectivity index (χ0v) is 10.9. The van der Waals surface area contributed by atoms with Crippen LogP contribution >= 0.6 is 34.2 Å². The SMILES string of the molecule is CC(C)N1C=C(I)C2=C(Cl)NC=NC21. The average molecular weight is 324 g/mol. The molecule has 2 heterocycles. The molecule has 0 spiro atoms. The van der Waals surface area contributed by atoms with Crippen molar-refractivity contribution in [2.45, 2.75) is 26.1 Å². The van der Waals surface area contributed by atoms with Crippen LogP contribution in [-0.4, -0.2) is 23.4 Å². The Morgan fingerprint density at radius 1 is 1.64 bits per heavy atom. The minimum Gasteiger partial charge on any atom is -0.349 e. The minimum atomic E-state index is 0.0654. The predicted molar refractivity (Wildman–Crippen MR) is 67.4 cm³/mol. The molecule has 1 atom stereocenters. The van der Waals surface area contributed by atoms with Crippen LogP contribution in [0.2, 0.25) is 0 Å². The first-order chi connectivity index (χ1) is 6.61. The summed E-state index contributed by atoms with van der Waals surface area (Å²) in [6.45, 7) is 4.30. The molecule has 1 unspecified atom stereocenters. The quantitative estimate of drug-likeness (QED) is 0.593. The summed E-state index contributed by atoms with van der Waals surface area (Å²) in [5, 5.41) is 3.61. The standard InChI is InChI=1S/C9H11ClIN3/c1-5(2)14-3-6(11)7-8(10)12-4-13-9(7)14/h3-5,9H,1-2H3,(H,12,13). The number of nitrogens with zero attached hydrogens (tertiary/aromatic N) is 2. The fraction of sp³-hybridized carbons (Fsp3) is 0.444. The van der Waals surface area contributed by atoms with Gasteiger partial charge in [-0.3, -0.25) is 0 Å². The summed E-state index contributed by atoms with van der Waals surface area (Å²) in [7, 11) is 0. The summed E-state index contributed by atoms with van der Waals surface area (Å²) in [5.74, 6) is 0. The Hall–Kier alpha value is -0.230. The van der Waals surface area contributed by atoms with Crippen molar-refractivity contribution < 1.29 is 0 Å². The van der Waals surface area contributed by atoms with Gasteiger partial charge in [0, 0.05) is 21.4 Å². The summed E-state index contributed by atoms with van der Waals surface area (Å²) in [6, 6.07) is 0.432. The van der Waals surface area contributed by atoms with Crippen molar-refractivity contribution in [3.05, 3.63) is 20.5 Å². The van der Waals surface area contributed by atoms with Crippen LogP contribution in [0.15, 0.2) is 25.5 Å². The molecular formula is C9H11ClIN3. The highest BCUT2D eigenvalue weighted by Crippen LogP contribution is 2.37. The van der Waals surface area contributed by atoms with Crippen molar-refractivity contribution >= 4 is 40.5 Å². The highest BCUT2D eigenvalue weighted by atomic mass is 127. The molecule has 2 rings (SSSR count). The van der Waals surface area contributed by atoms with E-state index < -0.39 is 0 Å². The zero-order chi connectivity index (χ0) is 10.3. The Bertz CT molecular complexity index is 346. The molecule has 0 saturated heterocycles. The van der Waals surface area contributed by atoms with Crippen LogP contribution in [0.5, 0.6) is 0 Å². The van der Waals surface area contributed by atoms with Crippen LogP contribution in [0.1, 0.15) is 13.8 Å². The monoisotopic (exact) mass is 323 g/mol. The zero-order valence-electron chi connectivity index (χ0n) is 7.96. The van der Waals surface area contributed by atoms with E-state index in [2.05, 4.69) is 57.8 Å². The number of aliphatic imine (C=N–C) groups is 1. The molecule has 0 amide bonds. The topological polar surface area (TPSA) is 27.6 Å². The Morgan fingerprint density at radius 3 is 3.00 bits per heavy atom. The van der Waals surface area contributed by atoms with Crippen LogP contribution in [0.25, 0.3) is 0 Å². The molecule has 0 saturated carbocycles. The summed E-state index contributed by atoms with van der Waals surface area (Å²) in [5.41, 5.74) is 1.09. The predicted octanol–water partition coefficient (Wildman–Crippen LogP) is 2.39. The normalized spacial score (nSPS) is 25.4. The van der Waals surface area contributed by atoms with Gasteiger partial charge in [-0.2, -0.15) is 0 Å². The van der Waals surface area contributed by atoms with Crippen molar-refractivity contribution in [3.8, 4) is 0 Å². The maximum atomic E-state index is 6.09. The van der Waals surface area contributed by atoms with Gasteiger partial charge in [-0.05, 0) is 36.4 Å². The lowest BCUT2D eigenvalue weighted by atomic mass is 10.2. The third kappa shape index (κ3) is 1.54. The first kappa shape index (κ1) is 10.3. The van der Waals surface area contributed by atoms with Gasteiger partial charge in [0.25, 0.3) is 0 Å². The first-order valence-electron chi connectivity index (χ1n) is 4.44. The van der Waals surface area contributed by atoms with Gasteiger partial charge in [0.15, 0.2) is 6.17 Å². The molecule has 2 aliphatic rings. The van der Waals surface area contributed by atoms with Gasteiger partial charge in [0.2, 0.25) is 0 Å². The second kappa shape index (κ2) is 3.73. The van der Waals surface area contributed by atoms with Crippen LogP contribution < -0.4 is 5.32 Å². The number of halogens is 2. The number of fused-ring (bicyclic) bond motifs is 1. The fourth-order valence-corrected chi connectivity index (χ4v) is 2.86. The maximum Gasteiger partial charge on any atom is 0.152 e. The second-order valence-corrected chi connectivity index (χ2v) is 5.08. The maximum absolute atomic E-state index is 6.09. The van der Waals surface area contributed by atoms with Crippen molar-refractivity contribution in [2.24, 2.45) is 4.99 Å². The van der Waals surface area contributed by atoms with Crippen LogP contribution in [0, 0.1) is 0 Å². The van der Waals surface area contributed by atoms with E-state index in [0.717, 1.165) is 9.15 Å². The highest BCUT2D eigenvalue weighted by Gasteiger charge is 2.33. The van der Waals surface area contributed by atoms with Gasteiger partial charge in [-0.15, -0.1) is 0 Å². The third-order valence-corrected chi connectivity index (χ3v) is 3.47. The fourth-order valence-electron chi connectivity index (χ4n) is 1.59. The van der Waals surface area contributed by atoms with E-state index in [9.17, 15) is 0 Å². The van der Waals surface area contributed by atoms with E-state index in [1.807, 2.05) is 0 Å². The number of hydrogen-bond donors (Lipinski definition) is 1. The molecule has 0 fully saturated rings. The summed E-state index contributed by atoms with van der Waals surface area (Å²) < 4.78 is 1.16. The summed E-state index contributed by atoms with van der Waals surface area (Å²) in [6.07, 6.45) is 3.84.